The molecule has 1 heterocycles. The Bertz CT molecular complexity index is 1190. The van der Waals surface area contributed by atoms with Crippen molar-refractivity contribution in [3.63, 3.8) is 0 Å². The van der Waals surface area contributed by atoms with E-state index in [-0.39, 0.29) is 12.1 Å². The first-order chi connectivity index (χ1) is 13.3. The van der Waals surface area contributed by atoms with Crippen molar-refractivity contribution < 1.29 is 0 Å². The van der Waals surface area contributed by atoms with Crippen LogP contribution in [0, 0.1) is 32.1 Å². The third kappa shape index (κ3) is 3.74. The summed E-state index contributed by atoms with van der Waals surface area (Å²) in [6.07, 6.45) is 1.54. The van der Waals surface area contributed by atoms with Crippen LogP contribution < -0.4 is 16.6 Å². The number of nitrogens with one attached hydrogen (secondary N) is 1. The molecule has 0 unspecified atom stereocenters. The second-order valence-electron chi connectivity index (χ2n) is 7.03. The van der Waals surface area contributed by atoms with Crippen LogP contribution in [-0.4, -0.2) is 9.13 Å². The number of aromatic nitrogens is 2. The highest BCUT2D eigenvalue weighted by molar-refractivity contribution is 5.66. The van der Waals surface area contributed by atoms with Gasteiger partial charge in [0.1, 0.15) is 5.69 Å². The predicted octanol–water partition coefficient (Wildman–Crippen LogP) is 3.14. The molecule has 0 spiro atoms. The molecule has 0 saturated carbocycles. The van der Waals surface area contributed by atoms with Gasteiger partial charge in [-0.05, 0) is 49.6 Å². The summed E-state index contributed by atoms with van der Waals surface area (Å²) in [5, 5.41) is 12.3. The van der Waals surface area contributed by atoms with Crippen molar-refractivity contribution in [1.82, 2.24) is 9.13 Å². The molecule has 0 atom stereocenters. The van der Waals surface area contributed by atoms with Gasteiger partial charge < -0.3 is 5.32 Å². The van der Waals surface area contributed by atoms with Crippen LogP contribution in [0.3, 0.4) is 0 Å². The molecule has 6 heteroatoms. The van der Waals surface area contributed by atoms with Gasteiger partial charge in [-0.2, -0.15) is 5.26 Å². The Morgan fingerprint density at radius 2 is 1.75 bits per heavy atom. The Morgan fingerprint density at radius 3 is 2.39 bits per heavy atom. The Hall–Kier alpha value is -3.59. The highest BCUT2D eigenvalue weighted by Crippen LogP contribution is 2.24. The van der Waals surface area contributed by atoms with Gasteiger partial charge in [-0.1, -0.05) is 29.8 Å². The monoisotopic (exact) mass is 374 g/mol. The van der Waals surface area contributed by atoms with Crippen molar-refractivity contribution >= 4 is 11.4 Å². The molecule has 0 amide bonds. The lowest BCUT2D eigenvalue weighted by molar-refractivity contribution is 0.648. The van der Waals surface area contributed by atoms with E-state index in [1.807, 2.05) is 39.0 Å². The van der Waals surface area contributed by atoms with Crippen LogP contribution in [0.1, 0.15) is 27.8 Å². The number of rotatable bonds is 4. The number of hydrogen-bond donors (Lipinski definition) is 1. The maximum absolute atomic E-state index is 12.6. The second-order valence-corrected chi connectivity index (χ2v) is 7.03. The van der Waals surface area contributed by atoms with E-state index in [2.05, 4.69) is 11.4 Å². The molecule has 3 rings (SSSR count). The molecule has 0 fully saturated rings. The summed E-state index contributed by atoms with van der Waals surface area (Å²) >= 11 is 0. The zero-order valence-corrected chi connectivity index (χ0v) is 16.4. The minimum Gasteiger partial charge on any atom is -0.349 e. The van der Waals surface area contributed by atoms with Crippen LogP contribution in [0.5, 0.6) is 0 Å². The summed E-state index contributed by atoms with van der Waals surface area (Å²) in [6, 6.07) is 13.3. The van der Waals surface area contributed by atoms with Crippen LogP contribution in [-0.2, 0) is 13.6 Å². The number of nitrogens with zero attached hydrogens (tertiary/aromatic N) is 3. The Kier molecular flexibility index (Phi) is 5.18. The van der Waals surface area contributed by atoms with E-state index in [9.17, 15) is 9.59 Å². The molecule has 2 aromatic carbocycles. The van der Waals surface area contributed by atoms with E-state index in [1.54, 1.807) is 24.4 Å². The lowest BCUT2D eigenvalue weighted by Crippen LogP contribution is -2.38. The summed E-state index contributed by atoms with van der Waals surface area (Å²) < 4.78 is 2.56. The Labute approximate surface area is 163 Å². The van der Waals surface area contributed by atoms with Gasteiger partial charge in [0, 0.05) is 18.9 Å². The zero-order chi connectivity index (χ0) is 20.4. The first-order valence-corrected chi connectivity index (χ1v) is 8.94. The maximum atomic E-state index is 12.6. The topological polar surface area (TPSA) is 79.8 Å². The van der Waals surface area contributed by atoms with Gasteiger partial charge in [-0.3, -0.25) is 13.9 Å². The summed E-state index contributed by atoms with van der Waals surface area (Å²) in [6.45, 7) is 6.26. The molecule has 0 aliphatic rings. The summed E-state index contributed by atoms with van der Waals surface area (Å²) in [5.74, 6) is 0. The highest BCUT2D eigenvalue weighted by Gasteiger charge is 2.12. The average molecular weight is 374 g/mol. The van der Waals surface area contributed by atoms with Gasteiger partial charge in [0.05, 0.1) is 18.2 Å². The number of aryl methyl sites for hydroxylation is 3. The SMILES string of the molecule is Cc1cc(C)c(Nc2cn(Cc3cccc(C#N)c3)c(=O)n(C)c2=O)c(C)c1. The molecule has 28 heavy (non-hydrogen) atoms. The first kappa shape index (κ1) is 19.2. The molecule has 0 aliphatic carbocycles. The standard InChI is InChI=1S/C22H22N4O2/c1-14-8-15(2)20(16(3)9-14)24-19-13-26(22(28)25(4)21(19)27)12-18-7-5-6-17(10-18)11-23/h5-10,13,24H,12H2,1-4H3. The van der Waals surface area contributed by atoms with E-state index in [0.29, 0.717) is 11.3 Å². The number of hydrogen-bond acceptors (Lipinski definition) is 4. The zero-order valence-electron chi connectivity index (χ0n) is 16.4. The minimum atomic E-state index is -0.407. The maximum Gasteiger partial charge on any atom is 0.331 e. The van der Waals surface area contributed by atoms with Crippen molar-refractivity contribution in [3.8, 4) is 6.07 Å². The van der Waals surface area contributed by atoms with Crippen molar-refractivity contribution in [1.29, 1.82) is 5.26 Å². The second kappa shape index (κ2) is 7.57. The molecule has 1 aromatic heterocycles. The predicted molar refractivity (Wildman–Crippen MR) is 110 cm³/mol. The van der Waals surface area contributed by atoms with Gasteiger partial charge in [0.25, 0.3) is 5.56 Å². The molecule has 0 saturated heterocycles. The summed E-state index contributed by atoms with van der Waals surface area (Å²) in [7, 11) is 1.47. The normalized spacial score (nSPS) is 10.5. The van der Waals surface area contributed by atoms with Gasteiger partial charge in [0.15, 0.2) is 0 Å². The lowest BCUT2D eigenvalue weighted by atomic mass is 10.1. The minimum absolute atomic E-state index is 0.267. The lowest BCUT2D eigenvalue weighted by Gasteiger charge is -2.16. The van der Waals surface area contributed by atoms with E-state index in [4.69, 9.17) is 5.26 Å². The molecular weight excluding hydrogens is 352 g/mol. The van der Waals surface area contributed by atoms with Crippen molar-refractivity contribution in [3.05, 3.63) is 91.3 Å². The highest BCUT2D eigenvalue weighted by atomic mass is 16.2. The number of benzene rings is 2. The van der Waals surface area contributed by atoms with Gasteiger partial charge >= 0.3 is 5.69 Å². The molecule has 1 N–H and O–H groups in total. The van der Waals surface area contributed by atoms with Crippen molar-refractivity contribution in [2.24, 2.45) is 7.05 Å². The van der Waals surface area contributed by atoms with Crippen LogP contribution in [0.25, 0.3) is 0 Å². The van der Waals surface area contributed by atoms with Crippen LogP contribution >= 0.6 is 0 Å². The fourth-order valence-electron chi connectivity index (χ4n) is 3.37. The molecule has 0 radical (unpaired) electrons. The largest absolute Gasteiger partial charge is 0.349 e. The van der Waals surface area contributed by atoms with E-state index < -0.39 is 5.69 Å². The van der Waals surface area contributed by atoms with Crippen molar-refractivity contribution in [2.45, 2.75) is 27.3 Å². The summed E-state index contributed by atoms with van der Waals surface area (Å²) in [5.41, 5.74) is 4.94. The molecule has 6 nitrogen and oxygen atoms in total. The Balaban J connectivity index is 2.05. The van der Waals surface area contributed by atoms with Crippen LogP contribution in [0.4, 0.5) is 11.4 Å². The smallest absolute Gasteiger partial charge is 0.331 e. The van der Waals surface area contributed by atoms with Crippen molar-refractivity contribution in [2.75, 3.05) is 5.32 Å². The van der Waals surface area contributed by atoms with Crippen LogP contribution in [0.15, 0.2) is 52.2 Å². The van der Waals surface area contributed by atoms with Gasteiger partial charge in [0.2, 0.25) is 0 Å². The molecule has 142 valence electrons. The fraction of sp³-hybridized carbons (Fsp3) is 0.227. The number of anilines is 2. The van der Waals surface area contributed by atoms with E-state index in [1.165, 1.54) is 11.6 Å². The fourth-order valence-corrected chi connectivity index (χ4v) is 3.37. The quantitative estimate of drug-likeness (QED) is 0.761. The number of nitriles is 1. The van der Waals surface area contributed by atoms with Gasteiger partial charge in [-0.15, -0.1) is 0 Å². The van der Waals surface area contributed by atoms with Gasteiger partial charge in [-0.25, -0.2) is 4.79 Å². The molecular formula is C22H22N4O2. The third-order valence-corrected chi connectivity index (χ3v) is 4.70. The average Bonchev–Trinajstić information content (AvgIpc) is 2.66. The first-order valence-electron chi connectivity index (χ1n) is 8.94. The molecule has 0 bridgehead atoms. The summed E-state index contributed by atoms with van der Waals surface area (Å²) in [4.78, 5) is 25.2. The Morgan fingerprint density at radius 1 is 1.07 bits per heavy atom. The van der Waals surface area contributed by atoms with E-state index in [0.717, 1.165) is 32.5 Å². The van der Waals surface area contributed by atoms with E-state index >= 15 is 0 Å². The molecule has 0 aliphatic heterocycles. The third-order valence-electron chi connectivity index (χ3n) is 4.70. The van der Waals surface area contributed by atoms with Crippen LogP contribution in [0.2, 0.25) is 0 Å². The molecule has 3 aromatic rings.